The highest BCUT2D eigenvalue weighted by Crippen LogP contribution is 2.08. The predicted octanol–water partition coefficient (Wildman–Crippen LogP) is 1.10. The van der Waals surface area contributed by atoms with Gasteiger partial charge < -0.3 is 10.5 Å². The van der Waals surface area contributed by atoms with E-state index in [1.807, 2.05) is 6.07 Å². The van der Waals surface area contributed by atoms with Crippen LogP contribution in [0.4, 0.5) is 0 Å². The Kier molecular flexibility index (Phi) is 4.33. The van der Waals surface area contributed by atoms with Gasteiger partial charge in [0.2, 0.25) is 0 Å². The molecule has 0 spiro atoms. The van der Waals surface area contributed by atoms with Crippen molar-refractivity contribution in [2.45, 2.75) is 0 Å². The minimum Gasteiger partial charge on any atom is -0.426 e. The lowest BCUT2D eigenvalue weighted by molar-refractivity contribution is 0.541. The highest BCUT2D eigenvalue weighted by atomic mass is 127. The lowest BCUT2D eigenvalue weighted by atomic mass is 10.3. The van der Waals surface area contributed by atoms with Crippen molar-refractivity contribution >= 4 is 38.6 Å². The number of benzene rings is 1. The van der Waals surface area contributed by atoms with Crippen molar-refractivity contribution in [2.75, 3.05) is 3.76 Å². The van der Waals surface area contributed by atoms with Gasteiger partial charge in [-0.25, -0.2) is 8.42 Å². The number of rotatable bonds is 3. The highest BCUT2D eigenvalue weighted by Gasteiger charge is 2.07. The summed E-state index contributed by atoms with van der Waals surface area (Å²) in [6.45, 7) is 0. The number of para-hydroxylation sites is 1. The van der Waals surface area contributed by atoms with Gasteiger partial charge in [-0.15, -0.1) is 4.40 Å². The van der Waals surface area contributed by atoms with Crippen LogP contribution in [0.3, 0.4) is 0 Å². The first-order valence-electron chi connectivity index (χ1n) is 3.90. The number of hydrogen-bond acceptors (Lipinski definition) is 3. The Morgan fingerprint density at radius 2 is 2.00 bits per heavy atom. The van der Waals surface area contributed by atoms with Gasteiger partial charge in [-0.2, -0.15) is 0 Å². The molecule has 1 aromatic rings. The summed E-state index contributed by atoms with van der Waals surface area (Å²) in [5.41, 5.74) is 5.31. The summed E-state index contributed by atoms with van der Waals surface area (Å²) >= 11 is 1.69. The average Bonchev–Trinajstić information content (AvgIpc) is 2.18. The number of ether oxygens (including phenoxy) is 1. The number of sulfonamides is 1. The lowest BCUT2D eigenvalue weighted by Gasteiger charge is -2.02. The SMILES string of the molecule is N/C(=N\S(=O)(=O)CI)Oc1ccccc1. The largest absolute Gasteiger partial charge is 0.426 e. The molecule has 0 bridgehead atoms. The fourth-order valence-corrected chi connectivity index (χ4v) is 1.57. The first-order valence-corrected chi connectivity index (χ1v) is 7.04. The zero-order chi connectivity index (χ0) is 11.3. The topological polar surface area (TPSA) is 81.8 Å². The molecule has 0 atom stereocenters. The van der Waals surface area contributed by atoms with E-state index in [2.05, 4.69) is 4.40 Å². The van der Waals surface area contributed by atoms with Crippen molar-refractivity contribution in [3.63, 3.8) is 0 Å². The maximum atomic E-state index is 11.0. The van der Waals surface area contributed by atoms with Gasteiger partial charge >= 0.3 is 6.02 Å². The first-order chi connectivity index (χ1) is 7.03. The van der Waals surface area contributed by atoms with Crippen LogP contribution in [0.1, 0.15) is 0 Å². The standard InChI is InChI=1S/C8H9IN2O3S/c9-6-15(12,13)11-8(10)14-7-4-2-1-3-5-7/h1-5H,6H2,(H2,10,11). The fourth-order valence-electron chi connectivity index (χ4n) is 0.789. The quantitative estimate of drug-likeness (QED) is 0.387. The molecule has 7 heteroatoms. The molecular weight excluding hydrogens is 331 g/mol. The molecule has 0 aliphatic heterocycles. The van der Waals surface area contributed by atoms with Crippen LogP contribution in [-0.4, -0.2) is 18.2 Å². The third-order valence-electron chi connectivity index (χ3n) is 1.33. The van der Waals surface area contributed by atoms with E-state index in [9.17, 15) is 8.42 Å². The van der Waals surface area contributed by atoms with Crippen LogP contribution in [0.2, 0.25) is 0 Å². The molecule has 0 radical (unpaired) electrons. The molecule has 0 aliphatic rings. The monoisotopic (exact) mass is 340 g/mol. The van der Waals surface area contributed by atoms with E-state index >= 15 is 0 Å². The Hall–Kier alpha value is -0.830. The molecule has 15 heavy (non-hydrogen) atoms. The normalized spacial score (nSPS) is 12.5. The minimum absolute atomic E-state index is 0.135. The minimum atomic E-state index is -3.51. The summed E-state index contributed by atoms with van der Waals surface area (Å²) in [5.74, 6) is 0.447. The van der Waals surface area contributed by atoms with Crippen LogP contribution < -0.4 is 10.5 Å². The van der Waals surface area contributed by atoms with E-state index in [-0.39, 0.29) is 9.78 Å². The van der Waals surface area contributed by atoms with E-state index < -0.39 is 10.0 Å². The molecule has 0 unspecified atom stereocenters. The third kappa shape index (κ3) is 4.47. The lowest BCUT2D eigenvalue weighted by Crippen LogP contribution is -2.21. The molecule has 0 aromatic heterocycles. The summed E-state index contributed by atoms with van der Waals surface area (Å²) in [6, 6.07) is 8.22. The van der Waals surface area contributed by atoms with Crippen LogP contribution in [0.15, 0.2) is 34.7 Å². The summed E-state index contributed by atoms with van der Waals surface area (Å²) in [6.07, 6.45) is 0. The number of amidine groups is 1. The van der Waals surface area contributed by atoms with Gasteiger partial charge in [-0.05, 0) is 12.1 Å². The molecular formula is C8H9IN2O3S. The van der Waals surface area contributed by atoms with E-state index in [1.54, 1.807) is 46.9 Å². The van der Waals surface area contributed by atoms with E-state index in [1.165, 1.54) is 0 Å². The molecule has 0 amide bonds. The number of alkyl halides is 1. The fraction of sp³-hybridized carbons (Fsp3) is 0.125. The molecule has 0 saturated carbocycles. The van der Waals surface area contributed by atoms with Gasteiger partial charge in [0.15, 0.2) is 0 Å². The van der Waals surface area contributed by atoms with Gasteiger partial charge in [0, 0.05) is 0 Å². The molecule has 0 heterocycles. The van der Waals surface area contributed by atoms with Crippen LogP contribution >= 0.6 is 22.6 Å². The predicted molar refractivity (Wildman–Crippen MR) is 66.5 cm³/mol. The van der Waals surface area contributed by atoms with E-state index in [4.69, 9.17) is 10.5 Å². The van der Waals surface area contributed by atoms with Gasteiger partial charge in [-0.3, -0.25) is 0 Å². The number of hydrogen-bond donors (Lipinski definition) is 1. The van der Waals surface area contributed by atoms with Crippen LogP contribution in [-0.2, 0) is 10.0 Å². The zero-order valence-corrected chi connectivity index (χ0v) is 10.6. The molecule has 1 aromatic carbocycles. The average molecular weight is 340 g/mol. The molecule has 5 nitrogen and oxygen atoms in total. The van der Waals surface area contributed by atoms with Crippen molar-refractivity contribution in [1.82, 2.24) is 0 Å². The maximum absolute atomic E-state index is 11.0. The Labute approximate surface area is 102 Å². The van der Waals surface area contributed by atoms with Gasteiger partial charge in [0.05, 0.1) is 0 Å². The second kappa shape index (κ2) is 5.31. The van der Waals surface area contributed by atoms with Gasteiger partial charge in [-0.1, -0.05) is 40.8 Å². The Balaban J connectivity index is 2.77. The molecule has 2 N–H and O–H groups in total. The number of nitrogens with zero attached hydrogens (tertiary/aromatic N) is 1. The molecule has 0 fully saturated rings. The van der Waals surface area contributed by atoms with Crippen LogP contribution in [0.25, 0.3) is 0 Å². The molecule has 1 rings (SSSR count). The maximum Gasteiger partial charge on any atom is 0.303 e. The summed E-state index contributed by atoms with van der Waals surface area (Å²) in [5, 5.41) is 0. The molecule has 0 aliphatic carbocycles. The Morgan fingerprint density at radius 1 is 1.40 bits per heavy atom. The summed E-state index contributed by atoms with van der Waals surface area (Å²) < 4.78 is 30.2. The van der Waals surface area contributed by atoms with Crippen molar-refractivity contribution in [1.29, 1.82) is 0 Å². The number of nitrogens with two attached hydrogens (primary N) is 1. The van der Waals surface area contributed by atoms with Crippen molar-refractivity contribution in [3.8, 4) is 5.75 Å². The summed E-state index contributed by atoms with van der Waals surface area (Å²) in [4.78, 5) is 0. The van der Waals surface area contributed by atoms with Crippen LogP contribution in [0.5, 0.6) is 5.75 Å². The van der Waals surface area contributed by atoms with Crippen molar-refractivity contribution in [3.05, 3.63) is 30.3 Å². The highest BCUT2D eigenvalue weighted by molar-refractivity contribution is 14.1. The summed E-state index contributed by atoms with van der Waals surface area (Å²) in [7, 11) is -3.51. The zero-order valence-electron chi connectivity index (χ0n) is 7.63. The van der Waals surface area contributed by atoms with E-state index in [0.717, 1.165) is 0 Å². The van der Waals surface area contributed by atoms with E-state index in [0.29, 0.717) is 5.75 Å². The second-order valence-electron chi connectivity index (χ2n) is 2.54. The molecule has 82 valence electrons. The first kappa shape index (κ1) is 12.2. The van der Waals surface area contributed by atoms with Crippen molar-refractivity contribution in [2.24, 2.45) is 10.1 Å². The molecule has 0 saturated heterocycles. The Bertz CT molecular complexity index is 444. The Morgan fingerprint density at radius 3 is 2.53 bits per heavy atom. The van der Waals surface area contributed by atoms with Gasteiger partial charge in [0.25, 0.3) is 10.0 Å². The second-order valence-corrected chi connectivity index (χ2v) is 5.97. The van der Waals surface area contributed by atoms with Gasteiger partial charge in [0.1, 0.15) is 9.51 Å². The smallest absolute Gasteiger partial charge is 0.303 e. The third-order valence-corrected chi connectivity index (χ3v) is 4.43. The number of halogens is 1. The van der Waals surface area contributed by atoms with Crippen molar-refractivity contribution < 1.29 is 13.2 Å². The van der Waals surface area contributed by atoms with Crippen LogP contribution in [0, 0.1) is 0 Å².